The monoisotopic (exact) mass is 459 g/mol. The molecule has 0 spiro atoms. The molecule has 2 aromatic rings. The number of anilines is 2. The lowest BCUT2D eigenvalue weighted by Gasteiger charge is -2.28. The Morgan fingerprint density at radius 1 is 1.06 bits per heavy atom. The van der Waals surface area contributed by atoms with E-state index >= 15 is 0 Å². The number of thioether (sulfide) groups is 1. The van der Waals surface area contributed by atoms with Crippen LogP contribution in [0.4, 0.5) is 11.4 Å². The summed E-state index contributed by atoms with van der Waals surface area (Å²) in [5.41, 5.74) is 1.90. The van der Waals surface area contributed by atoms with E-state index < -0.39 is 21.2 Å². The van der Waals surface area contributed by atoms with Gasteiger partial charge in [-0.05, 0) is 50.1 Å². The van der Waals surface area contributed by atoms with Crippen LogP contribution in [0.3, 0.4) is 0 Å². The SMILES string of the molecule is Cc1ccc(NS(=O)(=O)c2ccc3c(c2)NC(=O)C(C(=O)N2CCCCCC2)S3)cc1. The number of amides is 2. The molecule has 9 heteroatoms. The van der Waals surface area contributed by atoms with Gasteiger partial charge < -0.3 is 10.2 Å². The first-order valence-electron chi connectivity index (χ1n) is 10.3. The molecular formula is C22H25N3O4S2. The van der Waals surface area contributed by atoms with Gasteiger partial charge in [0.05, 0.1) is 10.6 Å². The standard InChI is InChI=1S/C22H25N3O4S2/c1-15-6-8-16(9-7-15)24-31(28,29)17-10-11-19-18(14-17)23-21(26)20(30-19)22(27)25-12-4-2-3-5-13-25/h6-11,14,20,24H,2-5,12-13H2,1H3,(H,23,26). The van der Waals surface area contributed by atoms with Crippen molar-refractivity contribution >= 4 is 45.0 Å². The fraction of sp³-hybridized carbons (Fsp3) is 0.364. The highest BCUT2D eigenvalue weighted by atomic mass is 32.2. The van der Waals surface area contributed by atoms with E-state index in [9.17, 15) is 18.0 Å². The summed E-state index contributed by atoms with van der Waals surface area (Å²) in [5, 5.41) is 1.88. The van der Waals surface area contributed by atoms with Crippen molar-refractivity contribution in [3.8, 4) is 0 Å². The van der Waals surface area contributed by atoms with Gasteiger partial charge in [-0.2, -0.15) is 0 Å². The van der Waals surface area contributed by atoms with Gasteiger partial charge in [0.25, 0.3) is 10.0 Å². The summed E-state index contributed by atoms with van der Waals surface area (Å²) in [6.45, 7) is 3.28. The molecule has 4 rings (SSSR count). The summed E-state index contributed by atoms with van der Waals surface area (Å²) in [5.74, 6) is -0.583. The zero-order chi connectivity index (χ0) is 22.0. The van der Waals surface area contributed by atoms with E-state index in [1.807, 2.05) is 19.1 Å². The Morgan fingerprint density at radius 3 is 2.42 bits per heavy atom. The van der Waals surface area contributed by atoms with E-state index in [-0.39, 0.29) is 10.8 Å². The number of rotatable bonds is 4. The van der Waals surface area contributed by atoms with E-state index in [1.165, 1.54) is 23.9 Å². The maximum atomic E-state index is 12.9. The molecule has 0 bridgehead atoms. The minimum Gasteiger partial charge on any atom is -0.341 e. The van der Waals surface area contributed by atoms with Gasteiger partial charge in [-0.1, -0.05) is 30.5 Å². The number of carbonyl (C=O) groups is 2. The number of likely N-dealkylation sites (tertiary alicyclic amines) is 1. The van der Waals surface area contributed by atoms with Crippen molar-refractivity contribution < 1.29 is 18.0 Å². The predicted molar refractivity (Wildman–Crippen MR) is 122 cm³/mol. The zero-order valence-electron chi connectivity index (χ0n) is 17.3. The first-order valence-corrected chi connectivity index (χ1v) is 12.7. The molecule has 164 valence electrons. The highest BCUT2D eigenvalue weighted by molar-refractivity contribution is 8.01. The van der Waals surface area contributed by atoms with E-state index in [4.69, 9.17) is 0 Å². The average Bonchev–Trinajstić information content (AvgIpc) is 3.03. The third kappa shape index (κ3) is 4.88. The summed E-state index contributed by atoms with van der Waals surface area (Å²) in [7, 11) is -3.81. The van der Waals surface area contributed by atoms with Crippen LogP contribution in [0.25, 0.3) is 0 Å². The maximum absolute atomic E-state index is 12.9. The van der Waals surface area contributed by atoms with Crippen molar-refractivity contribution in [1.29, 1.82) is 0 Å². The second-order valence-electron chi connectivity index (χ2n) is 7.86. The largest absolute Gasteiger partial charge is 0.341 e. The number of carbonyl (C=O) groups excluding carboxylic acids is 2. The molecule has 2 N–H and O–H groups in total. The third-order valence-corrected chi connectivity index (χ3v) is 8.09. The number of fused-ring (bicyclic) bond motifs is 1. The van der Waals surface area contributed by atoms with Gasteiger partial charge >= 0.3 is 0 Å². The van der Waals surface area contributed by atoms with E-state index in [0.29, 0.717) is 29.4 Å². The number of sulfonamides is 1. The molecule has 0 saturated carbocycles. The lowest BCUT2D eigenvalue weighted by Crippen LogP contribution is -2.45. The molecule has 1 saturated heterocycles. The van der Waals surface area contributed by atoms with Crippen LogP contribution in [0.1, 0.15) is 31.2 Å². The van der Waals surface area contributed by atoms with Crippen LogP contribution in [0.15, 0.2) is 52.3 Å². The lowest BCUT2D eigenvalue weighted by molar-refractivity contribution is -0.133. The molecule has 1 fully saturated rings. The molecule has 2 heterocycles. The highest BCUT2D eigenvalue weighted by Gasteiger charge is 2.36. The molecule has 7 nitrogen and oxygen atoms in total. The molecule has 1 atom stereocenters. The quantitative estimate of drug-likeness (QED) is 0.681. The Labute approximate surface area is 186 Å². The molecule has 2 aromatic carbocycles. The minimum absolute atomic E-state index is 0.0463. The third-order valence-electron chi connectivity index (χ3n) is 5.45. The van der Waals surface area contributed by atoms with Crippen LogP contribution in [0, 0.1) is 6.92 Å². The molecular weight excluding hydrogens is 434 g/mol. The van der Waals surface area contributed by atoms with Gasteiger partial charge in [0.2, 0.25) is 11.8 Å². The summed E-state index contributed by atoms with van der Waals surface area (Å²) >= 11 is 1.18. The first kappa shape index (κ1) is 21.7. The van der Waals surface area contributed by atoms with Crippen molar-refractivity contribution in [2.75, 3.05) is 23.1 Å². The van der Waals surface area contributed by atoms with E-state index in [2.05, 4.69) is 10.0 Å². The summed E-state index contributed by atoms with van der Waals surface area (Å²) in [6, 6.07) is 11.6. The van der Waals surface area contributed by atoms with Crippen LogP contribution in [-0.4, -0.2) is 43.5 Å². The summed E-state index contributed by atoms with van der Waals surface area (Å²) in [4.78, 5) is 28.1. The smallest absolute Gasteiger partial charge is 0.261 e. The van der Waals surface area contributed by atoms with Gasteiger partial charge in [0, 0.05) is 23.7 Å². The van der Waals surface area contributed by atoms with Crippen LogP contribution in [0.5, 0.6) is 0 Å². The molecule has 0 radical (unpaired) electrons. The average molecular weight is 460 g/mol. The number of benzene rings is 2. The fourth-order valence-electron chi connectivity index (χ4n) is 3.71. The van der Waals surface area contributed by atoms with Crippen LogP contribution < -0.4 is 10.0 Å². The van der Waals surface area contributed by atoms with Crippen LogP contribution in [0.2, 0.25) is 0 Å². The van der Waals surface area contributed by atoms with Gasteiger partial charge in [-0.25, -0.2) is 8.42 Å². The highest BCUT2D eigenvalue weighted by Crippen LogP contribution is 2.38. The van der Waals surface area contributed by atoms with Gasteiger partial charge in [0.15, 0.2) is 5.25 Å². The van der Waals surface area contributed by atoms with Gasteiger partial charge in [0.1, 0.15) is 0 Å². The van der Waals surface area contributed by atoms with Crippen molar-refractivity contribution in [1.82, 2.24) is 4.90 Å². The number of nitrogens with zero attached hydrogens (tertiary/aromatic N) is 1. The van der Waals surface area contributed by atoms with Crippen LogP contribution >= 0.6 is 11.8 Å². The molecule has 2 amide bonds. The lowest BCUT2D eigenvalue weighted by atomic mass is 10.2. The van der Waals surface area contributed by atoms with Crippen molar-refractivity contribution in [2.45, 2.75) is 47.6 Å². The second-order valence-corrected chi connectivity index (χ2v) is 10.7. The first-order chi connectivity index (χ1) is 14.8. The topological polar surface area (TPSA) is 95.6 Å². The normalized spacial score (nSPS) is 19.2. The maximum Gasteiger partial charge on any atom is 0.261 e. The number of aryl methyl sites for hydroxylation is 1. The van der Waals surface area contributed by atoms with Crippen molar-refractivity contribution in [3.05, 3.63) is 48.0 Å². The second kappa shape index (κ2) is 8.92. The molecule has 0 aromatic heterocycles. The number of hydrogen-bond donors (Lipinski definition) is 2. The van der Waals surface area contributed by atoms with Crippen molar-refractivity contribution in [3.63, 3.8) is 0 Å². The molecule has 2 aliphatic rings. The Kier molecular flexibility index (Phi) is 6.24. The van der Waals surface area contributed by atoms with E-state index in [1.54, 1.807) is 23.1 Å². The minimum atomic E-state index is -3.81. The van der Waals surface area contributed by atoms with E-state index in [0.717, 1.165) is 31.2 Å². The fourth-order valence-corrected chi connectivity index (χ4v) is 5.85. The molecule has 2 aliphatic heterocycles. The zero-order valence-corrected chi connectivity index (χ0v) is 18.9. The molecule has 1 unspecified atom stereocenters. The Balaban J connectivity index is 1.52. The molecule has 31 heavy (non-hydrogen) atoms. The van der Waals surface area contributed by atoms with Gasteiger partial charge in [-0.3, -0.25) is 14.3 Å². The molecule has 0 aliphatic carbocycles. The number of hydrogen-bond acceptors (Lipinski definition) is 5. The van der Waals surface area contributed by atoms with Crippen LogP contribution in [-0.2, 0) is 19.6 Å². The number of nitrogens with one attached hydrogen (secondary N) is 2. The van der Waals surface area contributed by atoms with Gasteiger partial charge in [-0.15, -0.1) is 11.8 Å². The summed E-state index contributed by atoms with van der Waals surface area (Å²) in [6.07, 6.45) is 4.11. The Bertz CT molecular complexity index is 1090. The van der Waals surface area contributed by atoms with Crippen molar-refractivity contribution in [2.24, 2.45) is 0 Å². The summed E-state index contributed by atoms with van der Waals surface area (Å²) < 4.78 is 28.1. The predicted octanol–water partition coefficient (Wildman–Crippen LogP) is 3.61. The Hall–Kier alpha value is -2.52. The Morgan fingerprint density at radius 2 is 1.74 bits per heavy atom.